The van der Waals surface area contributed by atoms with E-state index >= 15 is 0 Å². The Labute approximate surface area is 113 Å². The van der Waals surface area contributed by atoms with Gasteiger partial charge in [-0.25, -0.2) is 0 Å². The average molecular weight is 267 g/mol. The second kappa shape index (κ2) is 6.99. The van der Waals surface area contributed by atoms with Crippen molar-refractivity contribution in [2.24, 2.45) is 0 Å². The van der Waals surface area contributed by atoms with Crippen molar-refractivity contribution in [2.45, 2.75) is 25.8 Å². The van der Waals surface area contributed by atoms with Crippen LogP contribution in [0.1, 0.15) is 20.3 Å². The third kappa shape index (κ3) is 4.44. The van der Waals surface area contributed by atoms with Crippen LogP contribution in [0.25, 0.3) is 0 Å². The molecule has 0 aliphatic rings. The number of carboxylic acid groups (broad SMARTS) is 1. The van der Waals surface area contributed by atoms with Gasteiger partial charge in [0.15, 0.2) is 0 Å². The molecule has 5 heteroatoms. The molecule has 1 atom stereocenters. The quantitative estimate of drug-likeness (QED) is 0.753. The van der Waals surface area contributed by atoms with E-state index in [0.717, 1.165) is 12.2 Å². The lowest BCUT2D eigenvalue weighted by Crippen LogP contribution is -2.54. The minimum absolute atomic E-state index is 0.0641. The number of nitrogens with one attached hydrogen (secondary N) is 1. The van der Waals surface area contributed by atoms with Crippen molar-refractivity contribution in [1.82, 2.24) is 5.32 Å². The molecule has 0 spiro atoms. The number of methoxy groups -OCH3 is 1. The van der Waals surface area contributed by atoms with Crippen molar-refractivity contribution in [2.75, 3.05) is 20.3 Å². The Kier molecular flexibility index (Phi) is 5.63. The summed E-state index contributed by atoms with van der Waals surface area (Å²) in [6.07, 6.45) is 0.866. The largest absolute Gasteiger partial charge is 0.497 e. The molecule has 0 aliphatic carbocycles. The van der Waals surface area contributed by atoms with Crippen LogP contribution in [-0.2, 0) is 4.79 Å². The molecular weight excluding hydrogens is 246 g/mol. The summed E-state index contributed by atoms with van der Waals surface area (Å²) in [6.45, 7) is 4.30. The number of rotatable bonds is 8. The van der Waals surface area contributed by atoms with Crippen LogP contribution in [0.3, 0.4) is 0 Å². The van der Waals surface area contributed by atoms with Crippen LogP contribution < -0.4 is 14.8 Å². The first-order valence-electron chi connectivity index (χ1n) is 6.27. The van der Waals surface area contributed by atoms with Gasteiger partial charge in [0.2, 0.25) is 0 Å². The van der Waals surface area contributed by atoms with E-state index in [1.54, 1.807) is 38.3 Å². The maximum absolute atomic E-state index is 11.3. The van der Waals surface area contributed by atoms with Crippen LogP contribution in [-0.4, -0.2) is 36.9 Å². The highest BCUT2D eigenvalue weighted by Gasteiger charge is 2.33. The van der Waals surface area contributed by atoms with Gasteiger partial charge in [-0.15, -0.1) is 0 Å². The van der Waals surface area contributed by atoms with Gasteiger partial charge in [0.25, 0.3) is 0 Å². The molecule has 0 saturated carbocycles. The fourth-order valence-electron chi connectivity index (χ4n) is 1.49. The van der Waals surface area contributed by atoms with E-state index in [2.05, 4.69) is 5.32 Å². The van der Waals surface area contributed by atoms with E-state index in [-0.39, 0.29) is 6.61 Å². The molecule has 106 valence electrons. The average Bonchev–Trinajstić information content (AvgIpc) is 2.43. The first-order valence-corrected chi connectivity index (χ1v) is 6.27. The molecule has 0 aliphatic heterocycles. The predicted octanol–water partition coefficient (Wildman–Crippen LogP) is 1.92. The lowest BCUT2D eigenvalue weighted by Gasteiger charge is -2.26. The zero-order valence-electron chi connectivity index (χ0n) is 11.6. The zero-order chi connectivity index (χ0) is 14.3. The lowest BCUT2D eigenvalue weighted by atomic mass is 10.0. The standard InChI is InChI=1S/C14H21NO4/c1-4-9-15-14(2,13(16)17)10-19-12-7-5-11(18-3)6-8-12/h5-8,15H,4,9-10H2,1-3H3,(H,16,17). The van der Waals surface area contributed by atoms with E-state index < -0.39 is 11.5 Å². The first-order chi connectivity index (χ1) is 9.01. The van der Waals surface area contributed by atoms with Crippen molar-refractivity contribution >= 4 is 5.97 Å². The van der Waals surface area contributed by atoms with Crippen molar-refractivity contribution < 1.29 is 19.4 Å². The monoisotopic (exact) mass is 267 g/mol. The molecule has 1 aromatic rings. The van der Waals surface area contributed by atoms with Crippen LogP contribution >= 0.6 is 0 Å². The molecular formula is C14H21NO4. The van der Waals surface area contributed by atoms with Gasteiger partial charge in [0.05, 0.1) is 7.11 Å². The molecule has 1 rings (SSSR count). The maximum Gasteiger partial charge on any atom is 0.327 e. The van der Waals surface area contributed by atoms with Gasteiger partial charge in [-0.2, -0.15) is 0 Å². The van der Waals surface area contributed by atoms with Gasteiger partial charge in [-0.3, -0.25) is 10.1 Å². The number of aliphatic carboxylic acids is 1. The molecule has 19 heavy (non-hydrogen) atoms. The summed E-state index contributed by atoms with van der Waals surface area (Å²) in [5.74, 6) is 0.429. The Morgan fingerprint density at radius 2 is 1.89 bits per heavy atom. The van der Waals surface area contributed by atoms with Gasteiger partial charge in [-0.05, 0) is 44.2 Å². The SMILES string of the molecule is CCCNC(C)(COc1ccc(OC)cc1)C(=O)O. The molecule has 0 aromatic heterocycles. The van der Waals surface area contributed by atoms with E-state index in [4.69, 9.17) is 9.47 Å². The van der Waals surface area contributed by atoms with Crippen molar-refractivity contribution in [1.29, 1.82) is 0 Å². The van der Waals surface area contributed by atoms with Gasteiger partial charge < -0.3 is 14.6 Å². The predicted molar refractivity (Wildman–Crippen MR) is 72.8 cm³/mol. The van der Waals surface area contributed by atoms with Crippen LogP contribution in [0.15, 0.2) is 24.3 Å². The summed E-state index contributed by atoms with van der Waals surface area (Å²) in [7, 11) is 1.59. The summed E-state index contributed by atoms with van der Waals surface area (Å²) in [6, 6.07) is 7.04. The Morgan fingerprint density at radius 3 is 2.37 bits per heavy atom. The van der Waals surface area contributed by atoms with Gasteiger partial charge in [0.1, 0.15) is 23.6 Å². The molecule has 0 amide bonds. The molecule has 0 saturated heterocycles. The van der Waals surface area contributed by atoms with E-state index in [1.807, 2.05) is 6.92 Å². The molecule has 1 unspecified atom stereocenters. The summed E-state index contributed by atoms with van der Waals surface area (Å²) in [5.41, 5.74) is -1.09. The van der Waals surface area contributed by atoms with Crippen LogP contribution in [0.4, 0.5) is 0 Å². The maximum atomic E-state index is 11.3. The highest BCUT2D eigenvalue weighted by atomic mass is 16.5. The van der Waals surface area contributed by atoms with Crippen molar-refractivity contribution in [3.63, 3.8) is 0 Å². The minimum Gasteiger partial charge on any atom is -0.497 e. The third-order valence-corrected chi connectivity index (χ3v) is 2.82. The number of ether oxygens (including phenoxy) is 2. The van der Waals surface area contributed by atoms with Crippen molar-refractivity contribution in [3.8, 4) is 11.5 Å². The molecule has 0 heterocycles. The van der Waals surface area contributed by atoms with Gasteiger partial charge in [-0.1, -0.05) is 6.92 Å². The summed E-state index contributed by atoms with van der Waals surface area (Å²) in [4.78, 5) is 11.3. The number of hydrogen-bond donors (Lipinski definition) is 2. The molecule has 5 nitrogen and oxygen atoms in total. The highest BCUT2D eigenvalue weighted by molar-refractivity contribution is 5.78. The smallest absolute Gasteiger partial charge is 0.327 e. The normalized spacial score (nSPS) is 13.6. The topological polar surface area (TPSA) is 67.8 Å². The molecule has 2 N–H and O–H groups in total. The van der Waals surface area contributed by atoms with Crippen LogP contribution in [0, 0.1) is 0 Å². The zero-order valence-corrected chi connectivity index (χ0v) is 11.6. The highest BCUT2D eigenvalue weighted by Crippen LogP contribution is 2.18. The Morgan fingerprint density at radius 1 is 1.32 bits per heavy atom. The van der Waals surface area contributed by atoms with Gasteiger partial charge in [0, 0.05) is 0 Å². The fraction of sp³-hybridized carbons (Fsp3) is 0.500. The number of carbonyl (C=O) groups is 1. The van der Waals surface area contributed by atoms with Crippen molar-refractivity contribution in [3.05, 3.63) is 24.3 Å². The third-order valence-electron chi connectivity index (χ3n) is 2.82. The minimum atomic E-state index is -1.09. The number of carboxylic acids is 1. The molecule has 1 aromatic carbocycles. The van der Waals surface area contributed by atoms with Crippen LogP contribution in [0.5, 0.6) is 11.5 Å². The van der Waals surface area contributed by atoms with Gasteiger partial charge >= 0.3 is 5.97 Å². The van der Waals surface area contributed by atoms with E-state index in [0.29, 0.717) is 12.3 Å². The second-order valence-corrected chi connectivity index (χ2v) is 4.53. The number of hydrogen-bond acceptors (Lipinski definition) is 4. The van der Waals surface area contributed by atoms with Crippen LogP contribution in [0.2, 0.25) is 0 Å². The molecule has 0 radical (unpaired) electrons. The summed E-state index contributed by atoms with van der Waals surface area (Å²) in [5, 5.41) is 12.2. The Hall–Kier alpha value is -1.75. The van der Waals surface area contributed by atoms with E-state index in [1.165, 1.54) is 0 Å². The molecule has 0 bridgehead atoms. The number of benzene rings is 1. The summed E-state index contributed by atoms with van der Waals surface area (Å²) >= 11 is 0. The first kappa shape index (κ1) is 15.3. The Bertz CT molecular complexity index is 404. The Balaban J connectivity index is 2.62. The molecule has 0 fully saturated rings. The second-order valence-electron chi connectivity index (χ2n) is 4.53. The fourth-order valence-corrected chi connectivity index (χ4v) is 1.49. The van der Waals surface area contributed by atoms with E-state index in [9.17, 15) is 9.90 Å². The lowest BCUT2D eigenvalue weighted by molar-refractivity contribution is -0.145. The summed E-state index contributed by atoms with van der Waals surface area (Å²) < 4.78 is 10.6.